The number of anilines is 2. The molecule has 0 spiro atoms. The van der Waals surface area contributed by atoms with Crippen LogP contribution in [0.5, 0.6) is 5.75 Å². The SMILES string of the molecule is Nc1ccc(C2CCN(CCOc3ccccc3C=O)C2)c(C(=O)O)c1N. The second kappa shape index (κ2) is 8.09. The Bertz CT molecular complexity index is 853. The fourth-order valence-electron chi connectivity index (χ4n) is 3.52. The molecule has 1 fully saturated rings. The van der Waals surface area contributed by atoms with E-state index in [-0.39, 0.29) is 22.9 Å². The molecular formula is C20H23N3O4. The standard InChI is InChI=1S/C20H23N3O4/c21-16-6-5-15(18(19(16)22)20(25)26)13-7-8-23(11-13)9-10-27-17-4-2-1-3-14(17)12-24/h1-6,12-13H,7-11,21-22H2,(H,25,26). The summed E-state index contributed by atoms with van der Waals surface area (Å²) >= 11 is 0. The fourth-order valence-corrected chi connectivity index (χ4v) is 3.52. The first kappa shape index (κ1) is 18.7. The van der Waals surface area contributed by atoms with Crippen LogP contribution in [0, 0.1) is 0 Å². The molecule has 0 amide bonds. The van der Waals surface area contributed by atoms with Crippen LogP contribution in [0.1, 0.15) is 38.6 Å². The third kappa shape index (κ3) is 4.03. The number of para-hydroxylation sites is 1. The van der Waals surface area contributed by atoms with Crippen molar-refractivity contribution in [2.75, 3.05) is 37.7 Å². The third-order valence-corrected chi connectivity index (χ3v) is 4.95. The van der Waals surface area contributed by atoms with E-state index in [1.807, 2.05) is 6.07 Å². The molecule has 0 aliphatic carbocycles. The molecule has 5 N–H and O–H groups in total. The normalized spacial score (nSPS) is 17.0. The highest BCUT2D eigenvalue weighted by atomic mass is 16.5. The summed E-state index contributed by atoms with van der Waals surface area (Å²) in [6, 6.07) is 10.5. The lowest BCUT2D eigenvalue weighted by molar-refractivity contribution is 0.0696. The van der Waals surface area contributed by atoms with E-state index in [0.29, 0.717) is 24.5 Å². The van der Waals surface area contributed by atoms with Gasteiger partial charge >= 0.3 is 5.97 Å². The Labute approximate surface area is 157 Å². The lowest BCUT2D eigenvalue weighted by atomic mass is 9.92. The molecule has 1 atom stereocenters. The summed E-state index contributed by atoms with van der Waals surface area (Å²) in [6.45, 7) is 2.71. The highest BCUT2D eigenvalue weighted by Crippen LogP contribution is 2.34. The largest absolute Gasteiger partial charge is 0.492 e. The summed E-state index contributed by atoms with van der Waals surface area (Å²) in [6.07, 6.45) is 1.62. The van der Waals surface area contributed by atoms with Crippen molar-refractivity contribution in [3.05, 3.63) is 53.1 Å². The second-order valence-electron chi connectivity index (χ2n) is 6.63. The minimum atomic E-state index is -1.05. The average molecular weight is 369 g/mol. The topological polar surface area (TPSA) is 119 Å². The van der Waals surface area contributed by atoms with E-state index in [4.69, 9.17) is 16.2 Å². The van der Waals surface area contributed by atoms with Crippen molar-refractivity contribution in [2.24, 2.45) is 0 Å². The highest BCUT2D eigenvalue weighted by Gasteiger charge is 2.28. The van der Waals surface area contributed by atoms with Crippen LogP contribution in [-0.2, 0) is 0 Å². The van der Waals surface area contributed by atoms with Crippen molar-refractivity contribution in [3.63, 3.8) is 0 Å². The maximum Gasteiger partial charge on any atom is 0.338 e. The van der Waals surface area contributed by atoms with Crippen LogP contribution in [-0.4, -0.2) is 48.5 Å². The summed E-state index contributed by atoms with van der Waals surface area (Å²) < 4.78 is 5.72. The van der Waals surface area contributed by atoms with E-state index in [1.54, 1.807) is 30.3 Å². The van der Waals surface area contributed by atoms with Crippen LogP contribution in [0.2, 0.25) is 0 Å². The zero-order valence-corrected chi connectivity index (χ0v) is 14.9. The van der Waals surface area contributed by atoms with Gasteiger partial charge < -0.3 is 21.3 Å². The predicted molar refractivity (Wildman–Crippen MR) is 103 cm³/mol. The lowest BCUT2D eigenvalue weighted by Crippen LogP contribution is -2.26. The molecule has 0 saturated carbocycles. The van der Waals surface area contributed by atoms with Gasteiger partial charge in [-0.3, -0.25) is 9.69 Å². The van der Waals surface area contributed by atoms with Crippen LogP contribution in [0.15, 0.2) is 36.4 Å². The molecule has 0 aromatic heterocycles. The van der Waals surface area contributed by atoms with Crippen molar-refractivity contribution >= 4 is 23.6 Å². The van der Waals surface area contributed by atoms with Gasteiger partial charge in [-0.15, -0.1) is 0 Å². The monoisotopic (exact) mass is 369 g/mol. The Morgan fingerprint density at radius 2 is 2.04 bits per heavy atom. The molecule has 0 radical (unpaired) electrons. The zero-order valence-electron chi connectivity index (χ0n) is 14.9. The van der Waals surface area contributed by atoms with Crippen LogP contribution in [0.25, 0.3) is 0 Å². The van der Waals surface area contributed by atoms with Crippen molar-refractivity contribution in [3.8, 4) is 5.75 Å². The molecule has 1 unspecified atom stereocenters. The van der Waals surface area contributed by atoms with Crippen LogP contribution in [0.4, 0.5) is 11.4 Å². The Hall–Kier alpha value is -3.06. The van der Waals surface area contributed by atoms with Gasteiger partial charge in [0.2, 0.25) is 0 Å². The Balaban J connectivity index is 1.62. The number of ether oxygens (including phenoxy) is 1. The van der Waals surface area contributed by atoms with E-state index < -0.39 is 5.97 Å². The molecule has 27 heavy (non-hydrogen) atoms. The second-order valence-corrected chi connectivity index (χ2v) is 6.63. The summed E-state index contributed by atoms with van der Waals surface area (Å²) in [5.74, 6) is -0.397. The number of likely N-dealkylation sites (tertiary alicyclic amines) is 1. The number of nitrogens with two attached hydrogens (primary N) is 2. The minimum absolute atomic E-state index is 0.0845. The number of rotatable bonds is 7. The van der Waals surface area contributed by atoms with Gasteiger partial charge in [0.1, 0.15) is 12.4 Å². The van der Waals surface area contributed by atoms with Gasteiger partial charge in [-0.05, 0) is 42.6 Å². The molecule has 1 saturated heterocycles. The number of carboxylic acid groups (broad SMARTS) is 1. The molecule has 1 aliphatic heterocycles. The first-order valence-corrected chi connectivity index (χ1v) is 8.81. The Morgan fingerprint density at radius 1 is 1.26 bits per heavy atom. The van der Waals surface area contributed by atoms with Crippen LogP contribution < -0.4 is 16.2 Å². The van der Waals surface area contributed by atoms with E-state index in [2.05, 4.69) is 4.90 Å². The summed E-state index contributed by atoms with van der Waals surface area (Å²) in [5.41, 5.74) is 13.4. The number of nitrogen functional groups attached to an aromatic ring is 2. The number of carbonyl (C=O) groups excluding carboxylic acids is 1. The van der Waals surface area contributed by atoms with E-state index in [9.17, 15) is 14.7 Å². The fraction of sp³-hybridized carbons (Fsp3) is 0.300. The van der Waals surface area contributed by atoms with Gasteiger partial charge in [0.15, 0.2) is 6.29 Å². The first-order chi connectivity index (χ1) is 13.0. The quantitative estimate of drug-likeness (QED) is 0.506. The molecule has 2 aromatic rings. The summed E-state index contributed by atoms with van der Waals surface area (Å²) in [7, 11) is 0. The van der Waals surface area contributed by atoms with Gasteiger partial charge in [-0.2, -0.15) is 0 Å². The maximum absolute atomic E-state index is 11.6. The van der Waals surface area contributed by atoms with Gasteiger partial charge in [0, 0.05) is 13.1 Å². The molecule has 2 aromatic carbocycles. The van der Waals surface area contributed by atoms with E-state index in [0.717, 1.165) is 31.4 Å². The van der Waals surface area contributed by atoms with Crippen molar-refractivity contribution < 1.29 is 19.4 Å². The van der Waals surface area contributed by atoms with Gasteiger partial charge in [-0.25, -0.2) is 4.79 Å². The molecule has 0 bridgehead atoms. The zero-order chi connectivity index (χ0) is 19.4. The average Bonchev–Trinajstić information content (AvgIpc) is 3.12. The van der Waals surface area contributed by atoms with Gasteiger partial charge in [0.25, 0.3) is 0 Å². The van der Waals surface area contributed by atoms with Crippen LogP contribution >= 0.6 is 0 Å². The van der Waals surface area contributed by atoms with Crippen molar-refractivity contribution in [2.45, 2.75) is 12.3 Å². The minimum Gasteiger partial charge on any atom is -0.492 e. The predicted octanol–water partition coefficient (Wildman–Crippen LogP) is 2.23. The molecule has 1 heterocycles. The molecule has 7 nitrogen and oxygen atoms in total. The highest BCUT2D eigenvalue weighted by molar-refractivity contribution is 5.98. The number of aldehydes is 1. The lowest BCUT2D eigenvalue weighted by Gasteiger charge is -2.19. The Kier molecular flexibility index (Phi) is 5.61. The van der Waals surface area contributed by atoms with E-state index >= 15 is 0 Å². The number of benzene rings is 2. The number of nitrogens with zero attached hydrogens (tertiary/aromatic N) is 1. The number of hydrogen-bond acceptors (Lipinski definition) is 6. The smallest absolute Gasteiger partial charge is 0.338 e. The molecular weight excluding hydrogens is 346 g/mol. The van der Waals surface area contributed by atoms with Crippen molar-refractivity contribution in [1.82, 2.24) is 4.90 Å². The first-order valence-electron chi connectivity index (χ1n) is 8.81. The third-order valence-electron chi connectivity index (χ3n) is 4.95. The molecule has 3 rings (SSSR count). The molecule has 1 aliphatic rings. The molecule has 142 valence electrons. The Morgan fingerprint density at radius 3 is 2.78 bits per heavy atom. The van der Waals surface area contributed by atoms with Crippen molar-refractivity contribution in [1.29, 1.82) is 0 Å². The number of carbonyl (C=O) groups is 2. The summed E-state index contributed by atoms with van der Waals surface area (Å²) in [5, 5.41) is 9.52. The van der Waals surface area contributed by atoms with Gasteiger partial charge in [0.05, 0.1) is 22.5 Å². The number of carboxylic acids is 1. The maximum atomic E-state index is 11.6. The summed E-state index contributed by atoms with van der Waals surface area (Å²) in [4.78, 5) is 24.9. The van der Waals surface area contributed by atoms with Gasteiger partial charge in [-0.1, -0.05) is 18.2 Å². The number of aromatic carboxylic acids is 1. The number of hydrogen-bond donors (Lipinski definition) is 3. The van der Waals surface area contributed by atoms with E-state index in [1.165, 1.54) is 0 Å². The van der Waals surface area contributed by atoms with Crippen LogP contribution in [0.3, 0.4) is 0 Å². The molecule has 7 heteroatoms.